The first-order valence-electron chi connectivity index (χ1n) is 6.75. The maximum absolute atomic E-state index is 12.5. The Labute approximate surface area is 119 Å². The van der Waals surface area contributed by atoms with E-state index in [9.17, 15) is 19.5 Å². The molecule has 0 aromatic rings. The lowest BCUT2D eigenvalue weighted by Gasteiger charge is -2.30. The van der Waals surface area contributed by atoms with Crippen molar-refractivity contribution in [2.75, 3.05) is 27.2 Å². The van der Waals surface area contributed by atoms with Crippen molar-refractivity contribution in [1.29, 1.82) is 0 Å². The van der Waals surface area contributed by atoms with Crippen LogP contribution in [0, 0.1) is 11.8 Å². The summed E-state index contributed by atoms with van der Waals surface area (Å²) >= 11 is 0. The van der Waals surface area contributed by atoms with Gasteiger partial charge in [-0.3, -0.25) is 14.4 Å². The molecule has 0 heterocycles. The van der Waals surface area contributed by atoms with Gasteiger partial charge in [-0.15, -0.1) is 0 Å². The maximum atomic E-state index is 12.5. The van der Waals surface area contributed by atoms with Crippen LogP contribution in [0.1, 0.15) is 19.8 Å². The van der Waals surface area contributed by atoms with Crippen molar-refractivity contribution in [1.82, 2.24) is 9.80 Å². The molecular formula is C14H22N2O4. The van der Waals surface area contributed by atoms with Crippen LogP contribution < -0.4 is 0 Å². The topological polar surface area (TPSA) is 77.9 Å². The van der Waals surface area contributed by atoms with Gasteiger partial charge in [0, 0.05) is 20.6 Å². The van der Waals surface area contributed by atoms with Crippen molar-refractivity contribution in [3.63, 3.8) is 0 Å². The number of carboxylic acid groups (broad SMARTS) is 1. The highest BCUT2D eigenvalue weighted by Gasteiger charge is 2.36. The molecule has 112 valence electrons. The number of rotatable bonds is 5. The number of hydrogen-bond acceptors (Lipinski definition) is 3. The summed E-state index contributed by atoms with van der Waals surface area (Å²) in [5, 5.41) is 9.20. The van der Waals surface area contributed by atoms with E-state index < -0.39 is 17.8 Å². The molecule has 2 unspecified atom stereocenters. The van der Waals surface area contributed by atoms with Crippen LogP contribution in [0.25, 0.3) is 0 Å². The lowest BCUT2D eigenvalue weighted by Crippen LogP contribution is -2.45. The summed E-state index contributed by atoms with van der Waals surface area (Å²) in [6, 6.07) is 0. The van der Waals surface area contributed by atoms with Crippen LogP contribution in [0.4, 0.5) is 0 Å². The molecule has 0 aromatic heterocycles. The van der Waals surface area contributed by atoms with E-state index in [1.54, 1.807) is 27.1 Å². The summed E-state index contributed by atoms with van der Waals surface area (Å²) in [5.41, 5.74) is 0. The number of amides is 2. The Morgan fingerprint density at radius 3 is 2.15 bits per heavy atom. The molecule has 0 fully saturated rings. The first kappa shape index (κ1) is 16.2. The largest absolute Gasteiger partial charge is 0.481 e. The van der Waals surface area contributed by atoms with E-state index in [2.05, 4.69) is 0 Å². The number of aliphatic carboxylic acids is 1. The minimum atomic E-state index is -0.956. The SMILES string of the molecule is CCN(CC(=O)N(C)C)C(=O)C1CC=CCC1C(=O)O. The molecule has 0 radical (unpaired) electrons. The zero-order valence-corrected chi connectivity index (χ0v) is 12.2. The molecule has 2 atom stereocenters. The molecule has 0 spiro atoms. The molecule has 0 aliphatic heterocycles. The van der Waals surface area contributed by atoms with Crippen molar-refractivity contribution in [3.05, 3.63) is 12.2 Å². The Balaban J connectivity index is 2.81. The Morgan fingerprint density at radius 2 is 1.70 bits per heavy atom. The summed E-state index contributed by atoms with van der Waals surface area (Å²) in [6.45, 7) is 2.18. The van der Waals surface area contributed by atoms with E-state index in [0.29, 0.717) is 19.4 Å². The fourth-order valence-electron chi connectivity index (χ4n) is 2.24. The Morgan fingerprint density at radius 1 is 1.15 bits per heavy atom. The normalized spacial score (nSPS) is 21.4. The van der Waals surface area contributed by atoms with E-state index in [0.717, 1.165) is 0 Å². The molecular weight excluding hydrogens is 260 g/mol. The predicted octanol–water partition coefficient (Wildman–Crippen LogP) is 0.590. The molecule has 6 nitrogen and oxygen atoms in total. The van der Waals surface area contributed by atoms with Gasteiger partial charge in [-0.1, -0.05) is 12.2 Å². The first-order valence-corrected chi connectivity index (χ1v) is 6.75. The maximum Gasteiger partial charge on any atom is 0.307 e. The molecule has 1 N–H and O–H groups in total. The van der Waals surface area contributed by atoms with Crippen LogP contribution >= 0.6 is 0 Å². The standard InChI is InChI=1S/C14H22N2O4/c1-4-16(9-12(17)15(2)3)13(18)10-7-5-6-8-11(10)14(19)20/h5-6,10-11H,4,7-9H2,1-3H3,(H,19,20). The van der Waals surface area contributed by atoms with Crippen molar-refractivity contribution in [2.24, 2.45) is 11.8 Å². The lowest BCUT2D eigenvalue weighted by atomic mass is 9.82. The van der Waals surface area contributed by atoms with E-state index >= 15 is 0 Å². The summed E-state index contributed by atoms with van der Waals surface area (Å²) in [4.78, 5) is 38.3. The van der Waals surface area contributed by atoms with Gasteiger partial charge in [0.15, 0.2) is 0 Å². The Kier molecular flexibility index (Phi) is 5.73. The molecule has 2 amide bonds. The minimum absolute atomic E-state index is 0.00507. The quantitative estimate of drug-likeness (QED) is 0.749. The summed E-state index contributed by atoms with van der Waals surface area (Å²) in [5.74, 6) is -2.65. The van der Waals surface area contributed by atoms with Crippen LogP contribution in [0.3, 0.4) is 0 Å². The van der Waals surface area contributed by atoms with Gasteiger partial charge < -0.3 is 14.9 Å². The minimum Gasteiger partial charge on any atom is -0.481 e. The van der Waals surface area contributed by atoms with Crippen LogP contribution in [0.2, 0.25) is 0 Å². The van der Waals surface area contributed by atoms with Gasteiger partial charge in [-0.05, 0) is 19.8 Å². The van der Waals surface area contributed by atoms with Crippen LogP contribution in [-0.2, 0) is 14.4 Å². The number of hydrogen-bond donors (Lipinski definition) is 1. The number of carboxylic acids is 1. The molecule has 0 bridgehead atoms. The number of carbonyl (C=O) groups is 3. The van der Waals surface area contributed by atoms with Gasteiger partial charge in [0.1, 0.15) is 0 Å². The van der Waals surface area contributed by atoms with Gasteiger partial charge in [0.05, 0.1) is 18.4 Å². The third kappa shape index (κ3) is 3.82. The second-order valence-electron chi connectivity index (χ2n) is 5.13. The zero-order chi connectivity index (χ0) is 15.3. The molecule has 0 saturated carbocycles. The molecule has 0 aromatic carbocycles. The fraction of sp³-hybridized carbons (Fsp3) is 0.643. The van der Waals surface area contributed by atoms with Gasteiger partial charge >= 0.3 is 5.97 Å². The number of likely N-dealkylation sites (N-methyl/N-ethyl adjacent to an activating group) is 2. The van der Waals surface area contributed by atoms with E-state index in [1.165, 1.54) is 9.80 Å². The highest BCUT2D eigenvalue weighted by atomic mass is 16.4. The molecule has 1 rings (SSSR count). The zero-order valence-electron chi connectivity index (χ0n) is 12.2. The Bertz CT molecular complexity index is 417. The Hall–Kier alpha value is -1.85. The first-order chi connectivity index (χ1) is 9.38. The van der Waals surface area contributed by atoms with Crippen molar-refractivity contribution in [3.8, 4) is 0 Å². The molecule has 6 heteroatoms. The number of nitrogens with zero attached hydrogens (tertiary/aromatic N) is 2. The average molecular weight is 282 g/mol. The highest BCUT2D eigenvalue weighted by Crippen LogP contribution is 2.27. The van der Waals surface area contributed by atoms with Crippen molar-refractivity contribution < 1.29 is 19.5 Å². The monoisotopic (exact) mass is 282 g/mol. The van der Waals surface area contributed by atoms with Gasteiger partial charge in [0.2, 0.25) is 11.8 Å². The average Bonchev–Trinajstić information content (AvgIpc) is 2.43. The second kappa shape index (κ2) is 7.07. The van der Waals surface area contributed by atoms with Crippen LogP contribution in [-0.4, -0.2) is 59.9 Å². The van der Waals surface area contributed by atoms with Crippen molar-refractivity contribution >= 4 is 17.8 Å². The molecule has 20 heavy (non-hydrogen) atoms. The van der Waals surface area contributed by atoms with Crippen LogP contribution in [0.15, 0.2) is 12.2 Å². The van der Waals surface area contributed by atoms with Crippen LogP contribution in [0.5, 0.6) is 0 Å². The van der Waals surface area contributed by atoms with E-state index in [1.807, 2.05) is 6.08 Å². The smallest absolute Gasteiger partial charge is 0.307 e. The van der Waals surface area contributed by atoms with Gasteiger partial charge in [-0.25, -0.2) is 0 Å². The van der Waals surface area contributed by atoms with Gasteiger partial charge in [-0.2, -0.15) is 0 Å². The summed E-state index contributed by atoms with van der Waals surface area (Å²) in [7, 11) is 3.26. The summed E-state index contributed by atoms with van der Waals surface area (Å²) in [6.07, 6.45) is 4.42. The van der Waals surface area contributed by atoms with E-state index in [-0.39, 0.29) is 18.4 Å². The third-order valence-electron chi connectivity index (χ3n) is 3.59. The summed E-state index contributed by atoms with van der Waals surface area (Å²) < 4.78 is 0. The molecule has 0 saturated heterocycles. The highest BCUT2D eigenvalue weighted by molar-refractivity contribution is 5.88. The number of carbonyl (C=O) groups excluding carboxylic acids is 2. The molecule has 1 aliphatic rings. The molecule has 1 aliphatic carbocycles. The third-order valence-corrected chi connectivity index (χ3v) is 3.59. The van der Waals surface area contributed by atoms with Crippen molar-refractivity contribution in [2.45, 2.75) is 19.8 Å². The van der Waals surface area contributed by atoms with E-state index in [4.69, 9.17) is 0 Å². The lowest BCUT2D eigenvalue weighted by molar-refractivity contribution is -0.151. The fourth-order valence-corrected chi connectivity index (χ4v) is 2.24. The number of allylic oxidation sites excluding steroid dienone is 2. The predicted molar refractivity (Wildman–Crippen MR) is 73.9 cm³/mol. The second-order valence-corrected chi connectivity index (χ2v) is 5.13. The van der Waals surface area contributed by atoms with Gasteiger partial charge in [0.25, 0.3) is 0 Å².